The second-order valence-corrected chi connectivity index (χ2v) is 4.81. The van der Waals surface area contributed by atoms with E-state index >= 15 is 0 Å². The van der Waals surface area contributed by atoms with Gasteiger partial charge in [0, 0.05) is 35.1 Å². The van der Waals surface area contributed by atoms with Crippen LogP contribution in [0.2, 0.25) is 5.02 Å². The van der Waals surface area contributed by atoms with Crippen LogP contribution in [0.15, 0.2) is 48.8 Å². The molecule has 4 nitrogen and oxygen atoms in total. The van der Waals surface area contributed by atoms with Gasteiger partial charge < -0.3 is 5.73 Å². The van der Waals surface area contributed by atoms with Crippen LogP contribution in [0.3, 0.4) is 0 Å². The lowest BCUT2D eigenvalue weighted by molar-refractivity contribution is 0.949. The fraction of sp³-hybridized carbons (Fsp3) is 0.0667. The summed E-state index contributed by atoms with van der Waals surface area (Å²) in [5.41, 5.74) is 10.6. The Morgan fingerprint density at radius 2 is 1.70 bits per heavy atom. The summed E-state index contributed by atoms with van der Waals surface area (Å²) in [6, 6.07) is 11.5. The van der Waals surface area contributed by atoms with Gasteiger partial charge in [0.1, 0.15) is 5.69 Å². The van der Waals surface area contributed by atoms with Crippen LogP contribution in [0, 0.1) is 0 Å². The maximum atomic E-state index is 5.93. The highest BCUT2D eigenvalue weighted by molar-refractivity contribution is 6.30. The largest absolute Gasteiger partial charge is 0.325 e. The summed E-state index contributed by atoms with van der Waals surface area (Å²) in [4.78, 5) is 4.05. The van der Waals surface area contributed by atoms with Crippen molar-refractivity contribution < 1.29 is 0 Å². The Morgan fingerprint density at radius 3 is 2.35 bits per heavy atom. The average Bonchev–Trinajstić information content (AvgIpc) is 2.93. The van der Waals surface area contributed by atoms with Gasteiger partial charge in [-0.05, 0) is 29.8 Å². The minimum absolute atomic E-state index is 0.401. The van der Waals surface area contributed by atoms with Gasteiger partial charge in [0.05, 0.1) is 5.69 Å². The van der Waals surface area contributed by atoms with Crippen molar-refractivity contribution in [1.29, 1.82) is 0 Å². The number of aromatic nitrogens is 3. The van der Waals surface area contributed by atoms with Crippen LogP contribution in [0.4, 0.5) is 0 Å². The summed E-state index contributed by atoms with van der Waals surface area (Å²) in [7, 11) is 0. The lowest BCUT2D eigenvalue weighted by Crippen LogP contribution is -1.98. The Balaban J connectivity index is 2.17. The molecule has 0 atom stereocenters. The van der Waals surface area contributed by atoms with Crippen molar-refractivity contribution in [3.05, 3.63) is 59.5 Å². The van der Waals surface area contributed by atoms with Crippen LogP contribution >= 0.6 is 11.6 Å². The first-order valence-corrected chi connectivity index (χ1v) is 6.61. The lowest BCUT2D eigenvalue weighted by atomic mass is 10.00. The highest BCUT2D eigenvalue weighted by Crippen LogP contribution is 2.33. The molecular formula is C15H13ClN4. The number of pyridine rings is 1. The zero-order valence-corrected chi connectivity index (χ0v) is 11.4. The molecule has 0 radical (unpaired) electrons. The number of nitrogens with one attached hydrogen (secondary N) is 1. The van der Waals surface area contributed by atoms with E-state index in [0.717, 1.165) is 28.1 Å². The van der Waals surface area contributed by atoms with E-state index in [2.05, 4.69) is 15.2 Å². The third kappa shape index (κ3) is 2.31. The van der Waals surface area contributed by atoms with E-state index < -0.39 is 0 Å². The van der Waals surface area contributed by atoms with Gasteiger partial charge in [-0.25, -0.2) is 0 Å². The molecule has 0 bridgehead atoms. The van der Waals surface area contributed by atoms with Crippen molar-refractivity contribution in [1.82, 2.24) is 15.2 Å². The average molecular weight is 285 g/mol. The van der Waals surface area contributed by atoms with Crippen molar-refractivity contribution in [3.63, 3.8) is 0 Å². The zero-order chi connectivity index (χ0) is 13.9. The number of halogens is 1. The Labute approximate surface area is 121 Å². The van der Waals surface area contributed by atoms with Crippen LogP contribution in [0.5, 0.6) is 0 Å². The van der Waals surface area contributed by atoms with E-state index in [-0.39, 0.29) is 0 Å². The molecule has 0 unspecified atom stereocenters. The van der Waals surface area contributed by atoms with Gasteiger partial charge >= 0.3 is 0 Å². The first kappa shape index (κ1) is 12.8. The highest BCUT2D eigenvalue weighted by Gasteiger charge is 2.15. The molecular weight excluding hydrogens is 272 g/mol. The summed E-state index contributed by atoms with van der Waals surface area (Å²) in [5, 5.41) is 8.10. The molecule has 3 N–H and O–H groups in total. The minimum Gasteiger partial charge on any atom is -0.325 e. The summed E-state index contributed by atoms with van der Waals surface area (Å²) in [6.07, 6.45) is 3.52. The van der Waals surface area contributed by atoms with Gasteiger partial charge in [-0.3, -0.25) is 10.1 Å². The molecule has 2 heterocycles. The Bertz CT molecular complexity index is 704. The lowest BCUT2D eigenvalue weighted by Gasteiger charge is -2.05. The number of nitrogens with two attached hydrogens (primary N) is 1. The van der Waals surface area contributed by atoms with Crippen LogP contribution in [-0.4, -0.2) is 15.2 Å². The van der Waals surface area contributed by atoms with Crippen LogP contribution in [0.1, 0.15) is 5.69 Å². The Morgan fingerprint density at radius 1 is 1.00 bits per heavy atom. The maximum absolute atomic E-state index is 5.93. The quantitative estimate of drug-likeness (QED) is 0.776. The summed E-state index contributed by atoms with van der Waals surface area (Å²) in [6.45, 7) is 0.401. The SMILES string of the molecule is NCc1[nH]nc(-c2ccc(Cl)cc2)c1-c1ccncc1. The fourth-order valence-corrected chi connectivity index (χ4v) is 2.30. The molecule has 20 heavy (non-hydrogen) atoms. The normalized spacial score (nSPS) is 10.7. The monoisotopic (exact) mass is 284 g/mol. The first-order valence-electron chi connectivity index (χ1n) is 6.23. The van der Waals surface area contributed by atoms with Crippen molar-refractivity contribution in [2.24, 2.45) is 5.73 Å². The number of aromatic amines is 1. The smallest absolute Gasteiger partial charge is 0.100 e. The Kier molecular flexibility index (Phi) is 3.50. The van der Waals surface area contributed by atoms with E-state index in [1.807, 2.05) is 36.4 Å². The van der Waals surface area contributed by atoms with Gasteiger partial charge in [-0.1, -0.05) is 23.7 Å². The maximum Gasteiger partial charge on any atom is 0.100 e. The van der Waals surface area contributed by atoms with Crippen molar-refractivity contribution in [2.75, 3.05) is 0 Å². The van der Waals surface area contributed by atoms with Gasteiger partial charge in [0.25, 0.3) is 0 Å². The molecule has 0 aliphatic rings. The number of H-pyrrole nitrogens is 1. The molecule has 0 aliphatic carbocycles. The van der Waals surface area contributed by atoms with E-state index in [1.54, 1.807) is 12.4 Å². The molecule has 0 fully saturated rings. The summed E-state index contributed by atoms with van der Waals surface area (Å²) in [5.74, 6) is 0. The summed E-state index contributed by atoms with van der Waals surface area (Å²) < 4.78 is 0. The van der Waals surface area contributed by atoms with Crippen molar-refractivity contribution >= 4 is 11.6 Å². The van der Waals surface area contributed by atoms with Crippen LogP contribution < -0.4 is 5.73 Å². The number of rotatable bonds is 3. The molecule has 0 saturated carbocycles. The van der Waals surface area contributed by atoms with Crippen LogP contribution in [-0.2, 0) is 6.54 Å². The Hall–Kier alpha value is -2.17. The molecule has 0 amide bonds. The van der Waals surface area contributed by atoms with Gasteiger partial charge in [0.15, 0.2) is 0 Å². The predicted molar refractivity (Wildman–Crippen MR) is 80.2 cm³/mol. The van der Waals surface area contributed by atoms with Gasteiger partial charge in [-0.15, -0.1) is 0 Å². The third-order valence-electron chi connectivity index (χ3n) is 3.13. The molecule has 100 valence electrons. The van der Waals surface area contributed by atoms with Crippen molar-refractivity contribution in [3.8, 4) is 22.4 Å². The van der Waals surface area contributed by atoms with Crippen LogP contribution in [0.25, 0.3) is 22.4 Å². The minimum atomic E-state index is 0.401. The summed E-state index contributed by atoms with van der Waals surface area (Å²) >= 11 is 5.93. The highest BCUT2D eigenvalue weighted by atomic mass is 35.5. The molecule has 1 aromatic carbocycles. The zero-order valence-electron chi connectivity index (χ0n) is 10.7. The third-order valence-corrected chi connectivity index (χ3v) is 3.38. The van der Waals surface area contributed by atoms with E-state index in [9.17, 15) is 0 Å². The second kappa shape index (κ2) is 5.45. The van der Waals surface area contributed by atoms with Crippen molar-refractivity contribution in [2.45, 2.75) is 6.54 Å². The topological polar surface area (TPSA) is 67.6 Å². The molecule has 5 heteroatoms. The molecule has 0 spiro atoms. The standard InChI is InChI=1S/C15H13ClN4/c16-12-3-1-11(2-4-12)15-14(13(9-17)19-20-15)10-5-7-18-8-6-10/h1-8H,9,17H2,(H,19,20). The molecule has 0 aliphatic heterocycles. The van der Waals surface area contributed by atoms with E-state index in [1.165, 1.54) is 0 Å². The molecule has 3 rings (SSSR count). The molecule has 3 aromatic rings. The van der Waals surface area contributed by atoms with Gasteiger partial charge in [0.2, 0.25) is 0 Å². The van der Waals surface area contributed by atoms with E-state index in [4.69, 9.17) is 17.3 Å². The first-order chi connectivity index (χ1) is 9.79. The van der Waals surface area contributed by atoms with Gasteiger partial charge in [-0.2, -0.15) is 5.10 Å². The number of nitrogens with zero attached hydrogens (tertiary/aromatic N) is 2. The molecule has 0 saturated heterocycles. The predicted octanol–water partition coefficient (Wildman–Crippen LogP) is 3.25. The number of benzene rings is 1. The van der Waals surface area contributed by atoms with E-state index in [0.29, 0.717) is 11.6 Å². The number of hydrogen-bond acceptors (Lipinski definition) is 3. The fourth-order valence-electron chi connectivity index (χ4n) is 2.17. The number of hydrogen-bond donors (Lipinski definition) is 2. The molecule has 2 aromatic heterocycles. The second-order valence-electron chi connectivity index (χ2n) is 4.37.